The monoisotopic (exact) mass is 274 g/mol. The Morgan fingerprint density at radius 3 is 2.50 bits per heavy atom. The van der Waals surface area contributed by atoms with Crippen LogP contribution >= 0.6 is 0 Å². The van der Waals surface area contributed by atoms with E-state index in [9.17, 15) is 19.4 Å². The highest BCUT2D eigenvalue weighted by Crippen LogP contribution is 2.44. The highest BCUT2D eigenvalue weighted by Gasteiger charge is 2.30. The first-order valence-corrected chi connectivity index (χ1v) is 6.06. The van der Waals surface area contributed by atoms with Crippen LogP contribution in [0.1, 0.15) is 28.4 Å². The maximum atomic E-state index is 12.9. The molecule has 0 bridgehead atoms. The lowest BCUT2D eigenvalue weighted by atomic mass is 9.96. The van der Waals surface area contributed by atoms with Crippen molar-refractivity contribution in [2.45, 2.75) is 12.5 Å². The Bertz CT molecular complexity index is 679. The molecule has 1 aliphatic rings. The van der Waals surface area contributed by atoms with Crippen LogP contribution in [0.5, 0.6) is 17.2 Å². The molecular formula is C15H11FO4. The molecule has 1 atom stereocenters. The highest BCUT2D eigenvalue weighted by molar-refractivity contribution is 6.01. The zero-order valence-corrected chi connectivity index (χ0v) is 10.3. The maximum absolute atomic E-state index is 12.9. The van der Waals surface area contributed by atoms with E-state index < -0.39 is 11.9 Å². The molecule has 2 aromatic carbocycles. The molecule has 0 fully saturated rings. The lowest BCUT2D eigenvalue weighted by Gasteiger charge is -2.26. The van der Waals surface area contributed by atoms with Crippen LogP contribution in [0.15, 0.2) is 36.4 Å². The number of benzene rings is 2. The zero-order valence-electron chi connectivity index (χ0n) is 10.3. The minimum absolute atomic E-state index is 0.0319. The van der Waals surface area contributed by atoms with E-state index in [4.69, 9.17) is 4.74 Å². The fourth-order valence-corrected chi connectivity index (χ4v) is 2.23. The quantitative estimate of drug-likeness (QED) is 0.785. The molecule has 2 N–H and O–H groups in total. The van der Waals surface area contributed by atoms with Gasteiger partial charge in [0.25, 0.3) is 0 Å². The molecule has 0 saturated heterocycles. The number of hydrogen-bond acceptors (Lipinski definition) is 4. The molecular weight excluding hydrogens is 263 g/mol. The summed E-state index contributed by atoms with van der Waals surface area (Å²) >= 11 is 0. The van der Waals surface area contributed by atoms with Crippen molar-refractivity contribution in [2.75, 3.05) is 0 Å². The van der Waals surface area contributed by atoms with Crippen LogP contribution in [0.3, 0.4) is 0 Å². The number of ether oxygens (including phenoxy) is 1. The number of hydrogen-bond donors (Lipinski definition) is 2. The van der Waals surface area contributed by atoms with Gasteiger partial charge < -0.3 is 14.9 Å². The smallest absolute Gasteiger partial charge is 0.201 e. The largest absolute Gasteiger partial charge is 0.504 e. The maximum Gasteiger partial charge on any atom is 0.201 e. The number of aromatic hydroxyl groups is 2. The first kappa shape index (κ1) is 12.5. The van der Waals surface area contributed by atoms with E-state index in [2.05, 4.69) is 0 Å². The summed E-state index contributed by atoms with van der Waals surface area (Å²) in [6, 6.07) is 8.26. The van der Waals surface area contributed by atoms with E-state index in [1.807, 2.05) is 0 Å². The molecule has 0 aliphatic carbocycles. The molecule has 3 rings (SSSR count). The number of halogens is 1. The van der Waals surface area contributed by atoms with Gasteiger partial charge in [-0.1, -0.05) is 12.1 Å². The van der Waals surface area contributed by atoms with Crippen molar-refractivity contribution < 1.29 is 24.1 Å². The summed E-state index contributed by atoms with van der Waals surface area (Å²) in [5, 5.41) is 19.2. The molecule has 102 valence electrons. The van der Waals surface area contributed by atoms with Gasteiger partial charge in [0.15, 0.2) is 17.3 Å². The Morgan fingerprint density at radius 2 is 1.80 bits per heavy atom. The molecule has 0 amide bonds. The molecule has 1 unspecified atom stereocenters. The summed E-state index contributed by atoms with van der Waals surface area (Å²) in [6.07, 6.45) is -0.508. The van der Waals surface area contributed by atoms with Gasteiger partial charge in [0, 0.05) is 0 Å². The molecule has 0 radical (unpaired) electrons. The zero-order chi connectivity index (χ0) is 14.3. The van der Waals surface area contributed by atoms with Crippen LogP contribution in [0.2, 0.25) is 0 Å². The number of carbonyl (C=O) groups is 1. The lowest BCUT2D eigenvalue weighted by molar-refractivity contribution is 0.0841. The predicted molar refractivity (Wildman–Crippen MR) is 68.5 cm³/mol. The van der Waals surface area contributed by atoms with Crippen molar-refractivity contribution in [3.8, 4) is 17.2 Å². The molecule has 0 spiro atoms. The molecule has 1 heterocycles. The topological polar surface area (TPSA) is 66.8 Å². The Kier molecular flexibility index (Phi) is 2.82. The normalized spacial score (nSPS) is 17.4. The van der Waals surface area contributed by atoms with Crippen molar-refractivity contribution in [2.24, 2.45) is 0 Å². The van der Waals surface area contributed by atoms with Crippen LogP contribution in [0, 0.1) is 5.82 Å². The first-order chi connectivity index (χ1) is 9.56. The summed E-state index contributed by atoms with van der Waals surface area (Å²) in [5.74, 6) is -1.41. The van der Waals surface area contributed by atoms with Crippen molar-refractivity contribution in [3.63, 3.8) is 0 Å². The van der Waals surface area contributed by atoms with Crippen molar-refractivity contribution in [1.29, 1.82) is 0 Å². The van der Waals surface area contributed by atoms with Crippen molar-refractivity contribution >= 4 is 5.78 Å². The highest BCUT2D eigenvalue weighted by atomic mass is 19.1. The molecule has 0 aromatic heterocycles. The molecule has 20 heavy (non-hydrogen) atoms. The number of phenols is 2. The van der Waals surface area contributed by atoms with Gasteiger partial charge in [0.2, 0.25) is 5.75 Å². The fourth-order valence-electron chi connectivity index (χ4n) is 2.23. The number of ketones is 1. The average Bonchev–Trinajstić information content (AvgIpc) is 2.44. The molecule has 2 aromatic rings. The Labute approximate surface area is 114 Å². The summed E-state index contributed by atoms with van der Waals surface area (Å²) in [5.41, 5.74) is 0.867. The van der Waals surface area contributed by atoms with E-state index in [1.165, 1.54) is 36.4 Å². The second kappa shape index (κ2) is 4.52. The van der Waals surface area contributed by atoms with E-state index in [0.29, 0.717) is 5.56 Å². The van der Waals surface area contributed by atoms with E-state index in [0.717, 1.165) is 0 Å². The van der Waals surface area contributed by atoms with Crippen molar-refractivity contribution in [1.82, 2.24) is 0 Å². The number of phenolic OH excluding ortho intramolecular Hbond substituents is 2. The Balaban J connectivity index is 2.01. The van der Waals surface area contributed by atoms with Gasteiger partial charge >= 0.3 is 0 Å². The first-order valence-electron chi connectivity index (χ1n) is 6.06. The van der Waals surface area contributed by atoms with Crippen LogP contribution in [0.25, 0.3) is 0 Å². The average molecular weight is 274 g/mol. The number of fused-ring (bicyclic) bond motifs is 1. The summed E-state index contributed by atoms with van der Waals surface area (Å²) in [7, 11) is 0. The standard InChI is InChI=1S/C15H11FO4/c16-9-3-1-8(2-4-9)13-7-12(18)10-5-6-11(17)14(19)15(10)20-13/h1-6,13,17,19H,7H2. The molecule has 1 aliphatic heterocycles. The number of rotatable bonds is 1. The van der Waals surface area contributed by atoms with E-state index in [-0.39, 0.29) is 35.1 Å². The third kappa shape index (κ3) is 1.97. The van der Waals surface area contributed by atoms with Crippen LogP contribution in [0.4, 0.5) is 4.39 Å². The van der Waals surface area contributed by atoms with Gasteiger partial charge in [-0.15, -0.1) is 0 Å². The van der Waals surface area contributed by atoms with Gasteiger partial charge in [-0.2, -0.15) is 0 Å². The predicted octanol–water partition coefficient (Wildman–Crippen LogP) is 2.94. The third-order valence-corrected chi connectivity index (χ3v) is 3.28. The minimum atomic E-state index is -0.608. The summed E-state index contributed by atoms with van der Waals surface area (Å²) < 4.78 is 18.5. The van der Waals surface area contributed by atoms with Gasteiger partial charge in [0.05, 0.1) is 12.0 Å². The SMILES string of the molecule is O=C1CC(c2ccc(F)cc2)Oc2c1ccc(O)c2O. The van der Waals surface area contributed by atoms with E-state index in [1.54, 1.807) is 0 Å². The fraction of sp³-hybridized carbons (Fsp3) is 0.133. The lowest BCUT2D eigenvalue weighted by Crippen LogP contribution is -2.20. The Hall–Kier alpha value is -2.56. The van der Waals surface area contributed by atoms with Crippen LogP contribution in [-0.4, -0.2) is 16.0 Å². The molecule has 0 saturated carbocycles. The number of Topliss-reactive ketones (excluding diaryl/α,β-unsaturated/α-hetero) is 1. The third-order valence-electron chi connectivity index (χ3n) is 3.28. The van der Waals surface area contributed by atoms with Gasteiger partial charge in [-0.3, -0.25) is 4.79 Å². The Morgan fingerprint density at radius 1 is 1.10 bits per heavy atom. The van der Waals surface area contributed by atoms with Gasteiger partial charge in [0.1, 0.15) is 11.9 Å². The van der Waals surface area contributed by atoms with Crippen LogP contribution in [-0.2, 0) is 0 Å². The van der Waals surface area contributed by atoms with Gasteiger partial charge in [-0.25, -0.2) is 4.39 Å². The second-order valence-electron chi connectivity index (χ2n) is 4.60. The van der Waals surface area contributed by atoms with Crippen LogP contribution < -0.4 is 4.74 Å². The van der Waals surface area contributed by atoms with Gasteiger partial charge in [-0.05, 0) is 29.8 Å². The summed E-state index contributed by atoms with van der Waals surface area (Å²) in [4.78, 5) is 12.1. The minimum Gasteiger partial charge on any atom is -0.504 e. The van der Waals surface area contributed by atoms with Crippen molar-refractivity contribution in [3.05, 3.63) is 53.3 Å². The molecule has 4 nitrogen and oxygen atoms in total. The second-order valence-corrected chi connectivity index (χ2v) is 4.60. The van der Waals surface area contributed by atoms with E-state index >= 15 is 0 Å². The number of carbonyl (C=O) groups excluding carboxylic acids is 1. The summed E-state index contributed by atoms with van der Waals surface area (Å²) in [6.45, 7) is 0. The molecule has 5 heteroatoms.